The van der Waals surface area contributed by atoms with Gasteiger partial charge in [0.2, 0.25) is 0 Å². The first kappa shape index (κ1) is 26.9. The van der Waals surface area contributed by atoms with Crippen LogP contribution in [0.5, 0.6) is 5.75 Å². The maximum absolute atomic E-state index is 13.5. The third-order valence-corrected chi connectivity index (χ3v) is 6.55. The van der Waals surface area contributed by atoms with Gasteiger partial charge in [-0.15, -0.1) is 0 Å². The Morgan fingerprint density at radius 1 is 1.23 bits per heavy atom. The van der Waals surface area contributed by atoms with Crippen molar-refractivity contribution in [2.45, 2.75) is 46.4 Å². The maximum Gasteiger partial charge on any atom is 0.459 e. The summed E-state index contributed by atoms with van der Waals surface area (Å²) in [7, 11) is -3.99. The fourth-order valence-electron chi connectivity index (χ4n) is 3.41. The molecule has 1 saturated heterocycles. The van der Waals surface area contributed by atoms with Gasteiger partial charge in [-0.3, -0.25) is 23.7 Å². The summed E-state index contributed by atoms with van der Waals surface area (Å²) in [6, 6.07) is 9.68. The van der Waals surface area contributed by atoms with Crippen LogP contribution >= 0.6 is 7.75 Å². The number of H-pyrrole nitrogens is 1. The van der Waals surface area contributed by atoms with Crippen molar-refractivity contribution in [3.05, 3.63) is 63.4 Å². The van der Waals surface area contributed by atoms with E-state index in [9.17, 15) is 18.9 Å². The zero-order chi connectivity index (χ0) is 25.6. The number of esters is 1. The molecule has 0 bridgehead atoms. The second kappa shape index (κ2) is 11.3. The third-order valence-electron chi connectivity index (χ3n) is 5.06. The summed E-state index contributed by atoms with van der Waals surface area (Å²) in [6.45, 7) is 7.39. The number of ether oxygens (including phenoxy) is 2. The van der Waals surface area contributed by atoms with Crippen LogP contribution in [0.4, 0.5) is 0 Å². The molecule has 0 radical (unpaired) electrons. The van der Waals surface area contributed by atoms with E-state index in [1.165, 1.54) is 16.8 Å². The van der Waals surface area contributed by atoms with E-state index < -0.39 is 37.3 Å². The van der Waals surface area contributed by atoms with E-state index in [0.29, 0.717) is 12.2 Å². The predicted octanol–water partition coefficient (Wildman–Crippen LogP) is 2.84. The Labute approximate surface area is 203 Å². The largest absolute Gasteiger partial charge is 0.464 e. The van der Waals surface area contributed by atoms with Crippen LogP contribution in [0.15, 0.2) is 52.2 Å². The van der Waals surface area contributed by atoms with Crippen LogP contribution in [-0.4, -0.2) is 41.4 Å². The Morgan fingerprint density at radius 3 is 2.60 bits per heavy atom. The number of aromatic amines is 1. The van der Waals surface area contributed by atoms with E-state index in [0.717, 1.165) is 0 Å². The first-order chi connectivity index (χ1) is 16.4. The van der Waals surface area contributed by atoms with Gasteiger partial charge in [-0.05, 0) is 24.0 Å². The summed E-state index contributed by atoms with van der Waals surface area (Å²) in [4.78, 5) is 37.8. The molecule has 2 N–H and O–H groups in total. The number of carbonyl (C=O) groups excluding carboxylic acids is 1. The van der Waals surface area contributed by atoms with Crippen molar-refractivity contribution >= 4 is 13.7 Å². The lowest BCUT2D eigenvalue weighted by molar-refractivity contribution is -0.145. The molecule has 2 heterocycles. The predicted molar refractivity (Wildman–Crippen MR) is 128 cm³/mol. The van der Waals surface area contributed by atoms with E-state index in [1.807, 2.05) is 27.7 Å². The van der Waals surface area contributed by atoms with Crippen molar-refractivity contribution in [3.8, 4) is 5.75 Å². The number of nitrogens with one attached hydrogen (secondary N) is 2. The highest BCUT2D eigenvalue weighted by atomic mass is 31.2. The minimum Gasteiger partial charge on any atom is -0.464 e. The molecule has 1 aliphatic rings. The lowest BCUT2D eigenvalue weighted by Gasteiger charge is -2.22. The zero-order valence-electron chi connectivity index (χ0n) is 20.3. The van der Waals surface area contributed by atoms with Crippen molar-refractivity contribution in [1.29, 1.82) is 0 Å². The summed E-state index contributed by atoms with van der Waals surface area (Å²) in [5.41, 5.74) is -1.29. The quantitative estimate of drug-likeness (QED) is 0.366. The molecule has 11 nitrogen and oxygen atoms in total. The second-order valence-electron chi connectivity index (χ2n) is 9.63. The lowest BCUT2D eigenvalue weighted by atomic mass is 9.99. The molecule has 1 aromatic heterocycles. The normalized spacial score (nSPS) is 21.9. The first-order valence-corrected chi connectivity index (χ1v) is 12.9. The highest BCUT2D eigenvalue weighted by molar-refractivity contribution is 7.52. The molecule has 12 heteroatoms. The van der Waals surface area contributed by atoms with Crippen molar-refractivity contribution in [3.63, 3.8) is 0 Å². The molecule has 4 atom stereocenters. The molecule has 0 amide bonds. The van der Waals surface area contributed by atoms with Gasteiger partial charge in [-0.1, -0.05) is 45.9 Å². The monoisotopic (exact) mass is 509 g/mol. The van der Waals surface area contributed by atoms with E-state index in [4.69, 9.17) is 18.5 Å². The number of carbonyl (C=O) groups is 1. The maximum atomic E-state index is 13.5. The van der Waals surface area contributed by atoms with Gasteiger partial charge in [-0.25, -0.2) is 14.4 Å². The average Bonchev–Trinajstić information content (AvgIpc) is 3.15. The molecule has 1 aromatic carbocycles. The van der Waals surface area contributed by atoms with E-state index in [-0.39, 0.29) is 31.1 Å². The Hall–Kier alpha value is -2.72. The molecule has 0 aliphatic carbocycles. The standard InChI is InChI=1S/C23H32N3O8P/c1-16-12-18(33-21(16)26-11-10-19(27)25-22(26)29)14-32-35(30,34-17-8-6-5-7-9-17)24-13-20(28)31-15-23(2,3)4/h5-11,16,18,21H,12-15H2,1-4H3,(H,24,30)(H,25,27,29). The third kappa shape index (κ3) is 8.17. The minimum atomic E-state index is -3.99. The Balaban J connectivity index is 1.65. The summed E-state index contributed by atoms with van der Waals surface area (Å²) in [5.74, 6) is -0.379. The van der Waals surface area contributed by atoms with Gasteiger partial charge in [0.15, 0.2) is 0 Å². The number of hydrogen-bond acceptors (Lipinski definition) is 8. The van der Waals surface area contributed by atoms with Gasteiger partial charge < -0.3 is 14.0 Å². The summed E-state index contributed by atoms with van der Waals surface area (Å²) >= 11 is 0. The van der Waals surface area contributed by atoms with Gasteiger partial charge in [-0.2, -0.15) is 0 Å². The summed E-state index contributed by atoms with van der Waals surface area (Å²) < 4.78 is 37.1. The van der Waals surface area contributed by atoms with Crippen molar-refractivity contribution in [2.75, 3.05) is 19.8 Å². The van der Waals surface area contributed by atoms with E-state index in [2.05, 4.69) is 10.1 Å². The van der Waals surface area contributed by atoms with E-state index >= 15 is 0 Å². The fraction of sp³-hybridized carbons (Fsp3) is 0.522. The van der Waals surface area contributed by atoms with E-state index in [1.54, 1.807) is 30.3 Å². The Morgan fingerprint density at radius 2 is 1.94 bits per heavy atom. The fourth-order valence-corrected chi connectivity index (χ4v) is 4.70. The van der Waals surface area contributed by atoms with Crippen LogP contribution < -0.4 is 20.9 Å². The van der Waals surface area contributed by atoms with Gasteiger partial charge in [0.1, 0.15) is 18.5 Å². The molecule has 1 fully saturated rings. The molecule has 2 aromatic rings. The molecule has 3 rings (SSSR count). The molecule has 1 aliphatic heterocycles. The number of hydrogen-bond donors (Lipinski definition) is 2. The van der Waals surface area contributed by atoms with Crippen LogP contribution in [0.25, 0.3) is 0 Å². The molecular weight excluding hydrogens is 477 g/mol. The summed E-state index contributed by atoms with van der Waals surface area (Å²) in [6.07, 6.45) is 0.758. The first-order valence-electron chi connectivity index (χ1n) is 11.3. The average molecular weight is 509 g/mol. The smallest absolute Gasteiger partial charge is 0.459 e. The van der Waals surface area contributed by atoms with Crippen molar-refractivity contribution in [2.24, 2.45) is 11.3 Å². The van der Waals surface area contributed by atoms with Crippen molar-refractivity contribution in [1.82, 2.24) is 14.6 Å². The Kier molecular flexibility index (Phi) is 8.71. The molecule has 192 valence electrons. The SMILES string of the molecule is CC1CC(COP(=O)(NCC(=O)OCC(C)(C)C)Oc2ccccc2)OC1n1ccc(=O)[nH]c1=O. The molecule has 4 unspecified atom stereocenters. The van der Waals surface area contributed by atoms with Crippen LogP contribution in [0, 0.1) is 11.3 Å². The lowest BCUT2D eigenvalue weighted by Crippen LogP contribution is -2.33. The highest BCUT2D eigenvalue weighted by Gasteiger charge is 2.37. The van der Waals surface area contributed by atoms with Crippen LogP contribution in [0.3, 0.4) is 0 Å². The van der Waals surface area contributed by atoms with Gasteiger partial charge >= 0.3 is 19.4 Å². The number of para-hydroxylation sites is 1. The topological polar surface area (TPSA) is 138 Å². The van der Waals surface area contributed by atoms with Crippen LogP contribution in [-0.2, 0) is 23.4 Å². The number of benzene rings is 1. The van der Waals surface area contributed by atoms with Gasteiger partial charge in [0.25, 0.3) is 5.56 Å². The van der Waals surface area contributed by atoms with Crippen LogP contribution in [0.1, 0.15) is 40.3 Å². The highest BCUT2D eigenvalue weighted by Crippen LogP contribution is 2.45. The molecule has 0 spiro atoms. The Bertz CT molecular complexity index is 1160. The number of rotatable bonds is 10. The molecule has 0 saturated carbocycles. The van der Waals surface area contributed by atoms with Crippen LogP contribution in [0.2, 0.25) is 0 Å². The zero-order valence-corrected chi connectivity index (χ0v) is 21.2. The minimum absolute atomic E-state index is 0.0815. The van der Waals surface area contributed by atoms with Gasteiger partial charge in [0.05, 0.1) is 19.3 Å². The number of aromatic nitrogens is 2. The molecular formula is C23H32N3O8P. The van der Waals surface area contributed by atoms with Crippen molar-refractivity contribution < 1.29 is 27.9 Å². The van der Waals surface area contributed by atoms with Gasteiger partial charge in [0, 0.05) is 18.2 Å². The summed E-state index contributed by atoms with van der Waals surface area (Å²) in [5, 5.41) is 2.56. The second-order valence-corrected chi connectivity index (χ2v) is 11.4. The number of nitrogens with zero attached hydrogens (tertiary/aromatic N) is 1. The molecule has 35 heavy (non-hydrogen) atoms.